The fourth-order valence-corrected chi connectivity index (χ4v) is 2.54. The Labute approximate surface area is 100 Å². The van der Waals surface area contributed by atoms with E-state index in [0.29, 0.717) is 5.92 Å². The molecular weight excluding hydrogens is 216 g/mol. The quantitative estimate of drug-likeness (QED) is 0.804. The van der Waals surface area contributed by atoms with Crippen molar-refractivity contribution in [1.29, 1.82) is 0 Å². The zero-order valence-corrected chi connectivity index (χ0v) is 9.66. The molecule has 0 bridgehead atoms. The third-order valence-corrected chi connectivity index (χ3v) is 3.39. The summed E-state index contributed by atoms with van der Waals surface area (Å²) in [6.07, 6.45) is 2.24. The van der Waals surface area contributed by atoms with Gasteiger partial charge in [-0.3, -0.25) is 4.79 Å². The summed E-state index contributed by atoms with van der Waals surface area (Å²) in [7, 11) is 0. The Morgan fingerprint density at radius 3 is 3.18 bits per heavy atom. The number of ether oxygens (including phenoxy) is 1. The van der Waals surface area contributed by atoms with Gasteiger partial charge in [-0.1, -0.05) is 12.1 Å². The minimum absolute atomic E-state index is 0.0721. The van der Waals surface area contributed by atoms with Crippen molar-refractivity contribution in [1.82, 2.24) is 5.32 Å². The average molecular weight is 232 g/mol. The Morgan fingerprint density at radius 1 is 1.41 bits per heavy atom. The Hall–Kier alpha value is -1.55. The molecule has 0 saturated carbocycles. The lowest BCUT2D eigenvalue weighted by molar-refractivity contribution is -0.118. The van der Waals surface area contributed by atoms with Crippen LogP contribution in [0.3, 0.4) is 0 Å². The zero-order chi connectivity index (χ0) is 11.7. The van der Waals surface area contributed by atoms with Crippen LogP contribution >= 0.6 is 0 Å². The van der Waals surface area contributed by atoms with E-state index in [9.17, 15) is 4.79 Å². The molecule has 1 atom stereocenters. The topological polar surface area (TPSA) is 50.4 Å². The molecule has 2 N–H and O–H groups in total. The van der Waals surface area contributed by atoms with Crippen LogP contribution in [0.4, 0.5) is 5.69 Å². The van der Waals surface area contributed by atoms with Gasteiger partial charge in [0, 0.05) is 0 Å². The monoisotopic (exact) mass is 232 g/mol. The number of nitrogens with one attached hydrogen (secondary N) is 2. The van der Waals surface area contributed by atoms with Gasteiger partial charge in [-0.15, -0.1) is 0 Å². The highest BCUT2D eigenvalue weighted by Gasteiger charge is 2.22. The van der Waals surface area contributed by atoms with Gasteiger partial charge >= 0.3 is 0 Å². The lowest BCUT2D eigenvalue weighted by Gasteiger charge is -2.21. The van der Waals surface area contributed by atoms with Gasteiger partial charge < -0.3 is 15.4 Å². The van der Waals surface area contributed by atoms with Crippen LogP contribution in [0, 0.1) is 5.92 Å². The molecule has 2 aliphatic heterocycles. The fraction of sp³-hybridized carbons (Fsp3) is 0.462. The number of amides is 1. The zero-order valence-electron chi connectivity index (χ0n) is 9.66. The molecule has 0 aliphatic carbocycles. The van der Waals surface area contributed by atoms with Crippen LogP contribution in [-0.4, -0.2) is 25.6 Å². The Morgan fingerprint density at radius 2 is 2.35 bits per heavy atom. The summed E-state index contributed by atoms with van der Waals surface area (Å²) in [5, 5.41) is 6.21. The smallest absolute Gasteiger partial charge is 0.262 e. The summed E-state index contributed by atoms with van der Waals surface area (Å²) in [4.78, 5) is 11.2. The van der Waals surface area contributed by atoms with Gasteiger partial charge in [0.25, 0.3) is 5.91 Å². The molecule has 4 nitrogen and oxygen atoms in total. The molecule has 4 heteroatoms. The van der Waals surface area contributed by atoms with Crippen molar-refractivity contribution < 1.29 is 9.53 Å². The summed E-state index contributed by atoms with van der Waals surface area (Å²) < 4.78 is 5.54. The maximum Gasteiger partial charge on any atom is 0.262 e. The van der Waals surface area contributed by atoms with E-state index < -0.39 is 0 Å². The summed E-state index contributed by atoms with van der Waals surface area (Å²) >= 11 is 0. The van der Waals surface area contributed by atoms with Crippen LogP contribution in [0.2, 0.25) is 0 Å². The van der Waals surface area contributed by atoms with Gasteiger partial charge in [0.05, 0.1) is 5.69 Å². The first-order valence-corrected chi connectivity index (χ1v) is 6.08. The second kappa shape index (κ2) is 4.37. The van der Waals surface area contributed by atoms with Crippen LogP contribution in [-0.2, 0) is 11.2 Å². The standard InChI is InChI=1S/C13H16N2O2/c16-12-8-17-13-10(2-1-3-11(13)15-12)6-9-4-5-14-7-9/h1-3,9,14H,4-8H2,(H,15,16). The van der Waals surface area contributed by atoms with Gasteiger partial charge in [0.1, 0.15) is 5.75 Å². The number of fused-ring (bicyclic) bond motifs is 1. The molecular formula is C13H16N2O2. The first-order valence-electron chi connectivity index (χ1n) is 6.08. The molecule has 3 rings (SSSR count). The van der Waals surface area contributed by atoms with E-state index in [1.54, 1.807) is 0 Å². The predicted octanol–water partition coefficient (Wildman–Crippen LogP) is 1.17. The van der Waals surface area contributed by atoms with E-state index in [1.165, 1.54) is 12.0 Å². The van der Waals surface area contributed by atoms with Crippen molar-refractivity contribution in [2.75, 3.05) is 25.0 Å². The van der Waals surface area contributed by atoms with E-state index >= 15 is 0 Å². The van der Waals surface area contributed by atoms with Crippen molar-refractivity contribution in [2.45, 2.75) is 12.8 Å². The van der Waals surface area contributed by atoms with Gasteiger partial charge in [-0.2, -0.15) is 0 Å². The molecule has 1 fully saturated rings. The molecule has 2 heterocycles. The van der Waals surface area contributed by atoms with E-state index in [0.717, 1.165) is 30.9 Å². The highest BCUT2D eigenvalue weighted by Crippen LogP contribution is 2.33. The van der Waals surface area contributed by atoms with E-state index in [4.69, 9.17) is 4.74 Å². The molecule has 1 unspecified atom stereocenters. The van der Waals surface area contributed by atoms with Crippen LogP contribution in [0.25, 0.3) is 0 Å². The van der Waals surface area contributed by atoms with Gasteiger partial charge in [0.15, 0.2) is 6.61 Å². The molecule has 90 valence electrons. The van der Waals surface area contributed by atoms with Gasteiger partial charge in [0.2, 0.25) is 0 Å². The lowest BCUT2D eigenvalue weighted by Crippen LogP contribution is -2.26. The predicted molar refractivity (Wildman–Crippen MR) is 65.2 cm³/mol. The number of hydrogen-bond donors (Lipinski definition) is 2. The number of benzene rings is 1. The number of anilines is 1. The molecule has 2 aliphatic rings. The van der Waals surface area contributed by atoms with Crippen molar-refractivity contribution in [3.05, 3.63) is 23.8 Å². The van der Waals surface area contributed by atoms with Crippen LogP contribution in [0.5, 0.6) is 5.75 Å². The van der Waals surface area contributed by atoms with E-state index in [1.807, 2.05) is 12.1 Å². The number of rotatable bonds is 2. The number of carbonyl (C=O) groups excluding carboxylic acids is 1. The van der Waals surface area contributed by atoms with Crippen molar-refractivity contribution in [3.8, 4) is 5.75 Å². The maximum atomic E-state index is 11.2. The summed E-state index contributed by atoms with van der Waals surface area (Å²) in [6.45, 7) is 2.32. The molecule has 1 amide bonds. The number of carbonyl (C=O) groups is 1. The molecule has 0 radical (unpaired) electrons. The van der Waals surface area contributed by atoms with E-state index in [-0.39, 0.29) is 12.5 Å². The van der Waals surface area contributed by atoms with Gasteiger partial charge in [-0.05, 0) is 43.5 Å². The average Bonchev–Trinajstić information content (AvgIpc) is 2.82. The first kappa shape index (κ1) is 10.6. The third-order valence-electron chi connectivity index (χ3n) is 3.39. The summed E-state index contributed by atoms with van der Waals surface area (Å²) in [5.74, 6) is 1.47. The molecule has 1 aromatic rings. The maximum absolute atomic E-state index is 11.2. The third kappa shape index (κ3) is 2.13. The second-order valence-electron chi connectivity index (χ2n) is 4.69. The molecule has 1 aromatic carbocycles. The summed E-state index contributed by atoms with van der Waals surface area (Å²) in [5.41, 5.74) is 2.01. The molecule has 0 spiro atoms. The van der Waals surface area contributed by atoms with Crippen LogP contribution in [0.15, 0.2) is 18.2 Å². The Kier molecular flexibility index (Phi) is 2.73. The van der Waals surface area contributed by atoms with Gasteiger partial charge in [-0.25, -0.2) is 0 Å². The number of hydrogen-bond acceptors (Lipinski definition) is 3. The molecule has 0 aromatic heterocycles. The van der Waals surface area contributed by atoms with Crippen molar-refractivity contribution in [3.63, 3.8) is 0 Å². The SMILES string of the molecule is O=C1COc2c(CC3CCNC3)cccc2N1. The first-order chi connectivity index (χ1) is 8.33. The normalized spacial score (nSPS) is 22.8. The summed E-state index contributed by atoms with van der Waals surface area (Å²) in [6, 6.07) is 5.96. The van der Waals surface area contributed by atoms with Crippen molar-refractivity contribution >= 4 is 11.6 Å². The van der Waals surface area contributed by atoms with Crippen LogP contribution in [0.1, 0.15) is 12.0 Å². The van der Waals surface area contributed by atoms with Crippen molar-refractivity contribution in [2.24, 2.45) is 5.92 Å². The lowest BCUT2D eigenvalue weighted by atomic mass is 9.97. The largest absolute Gasteiger partial charge is 0.481 e. The highest BCUT2D eigenvalue weighted by atomic mass is 16.5. The number of para-hydroxylation sites is 1. The highest BCUT2D eigenvalue weighted by molar-refractivity contribution is 5.95. The Balaban J connectivity index is 1.84. The van der Waals surface area contributed by atoms with E-state index in [2.05, 4.69) is 16.7 Å². The van der Waals surface area contributed by atoms with Crippen LogP contribution < -0.4 is 15.4 Å². The molecule has 17 heavy (non-hydrogen) atoms. The second-order valence-corrected chi connectivity index (χ2v) is 4.69. The Bertz CT molecular complexity index is 439. The minimum atomic E-state index is -0.0721. The fourth-order valence-electron chi connectivity index (χ4n) is 2.54. The molecule has 1 saturated heterocycles. The minimum Gasteiger partial charge on any atom is -0.481 e.